The Morgan fingerprint density at radius 3 is 1.43 bits per heavy atom. The van der Waals surface area contributed by atoms with E-state index in [1.54, 1.807) is 0 Å². The van der Waals surface area contributed by atoms with Crippen LogP contribution in [0.1, 0.15) is 44.5 Å². The van der Waals surface area contributed by atoms with Crippen LogP contribution < -0.4 is 4.90 Å². The summed E-state index contributed by atoms with van der Waals surface area (Å²) in [6, 6.07) is 96.0. The van der Waals surface area contributed by atoms with E-state index in [0.717, 1.165) is 17.1 Å². The molecule has 1 unspecified atom stereocenters. The number of fused-ring (bicyclic) bond motifs is 22. The van der Waals surface area contributed by atoms with Crippen LogP contribution in [-0.4, -0.2) is 4.57 Å². The van der Waals surface area contributed by atoms with Crippen molar-refractivity contribution in [3.63, 3.8) is 0 Å². The number of hydrogen-bond donors (Lipinski definition) is 0. The molecule has 2 spiro atoms. The molecule has 16 rings (SSSR count). The molecule has 1 aliphatic heterocycles. The first-order chi connectivity index (χ1) is 34.8. The van der Waals surface area contributed by atoms with Crippen LogP contribution in [0.4, 0.5) is 17.1 Å². The number of anilines is 3. The largest absolute Gasteiger partial charge is 0.310 e. The van der Waals surface area contributed by atoms with Crippen molar-refractivity contribution >= 4 is 38.9 Å². The van der Waals surface area contributed by atoms with Crippen molar-refractivity contribution in [2.75, 3.05) is 4.90 Å². The second-order valence-corrected chi connectivity index (χ2v) is 19.4. The SMILES string of the molecule is c1ccc(N(c2ccc3c(c2)C2(c4ccccc4-c4ccccc42)c2ccccc2-3)c2ccccc2-c2ccc3c(c2)C2(c4ccccc4-3)c3ccccc3-n3c4ccccc4c4cccc2c43)cc1. The Kier molecular flexibility index (Phi) is 7.51. The summed E-state index contributed by atoms with van der Waals surface area (Å²) >= 11 is 0. The second kappa shape index (κ2) is 13.8. The predicted octanol–water partition coefficient (Wildman–Crippen LogP) is 16.9. The fourth-order valence-corrected chi connectivity index (χ4v) is 13.9. The van der Waals surface area contributed by atoms with Crippen molar-refractivity contribution in [3.05, 3.63) is 299 Å². The first kappa shape index (κ1) is 38.0. The molecule has 0 N–H and O–H groups in total. The molecule has 0 saturated carbocycles. The maximum Gasteiger partial charge on any atom is 0.0754 e. The molecule has 0 saturated heterocycles. The Balaban J connectivity index is 0.940. The number of rotatable bonds is 4. The Bertz CT molecular complexity index is 4150. The third kappa shape index (κ3) is 4.59. The monoisotopic (exact) mass is 886 g/mol. The molecule has 2 heterocycles. The first-order valence-electron chi connectivity index (χ1n) is 24.5. The molecule has 0 radical (unpaired) electrons. The molecule has 12 aromatic rings. The standard InChI is InChI=1S/C68H42N2/c1-2-19-44(20-3-1)69(45-38-40-52-50-25-6-12-30-57(50)67(62(52)42-45)55-28-10-4-22-47(55)48-23-5-11-29-56(48)67)63-34-15-8-21-46(63)43-37-39-51-49-24-7-13-31-58(49)68(61(51)41-43)59-32-14-17-36-65(59)70-64-35-16-9-26-53(64)54-27-18-33-60(68)66(54)70/h1-42H. The highest BCUT2D eigenvalue weighted by atomic mass is 15.1. The van der Waals surface area contributed by atoms with E-state index in [4.69, 9.17) is 0 Å². The van der Waals surface area contributed by atoms with Crippen molar-refractivity contribution in [1.29, 1.82) is 0 Å². The molecule has 0 fully saturated rings. The van der Waals surface area contributed by atoms with Crippen LogP contribution >= 0.6 is 0 Å². The molecule has 11 aromatic carbocycles. The zero-order valence-corrected chi connectivity index (χ0v) is 38.1. The van der Waals surface area contributed by atoms with Gasteiger partial charge in [0.1, 0.15) is 0 Å². The van der Waals surface area contributed by atoms with Crippen LogP contribution in [0.2, 0.25) is 0 Å². The lowest BCUT2D eigenvalue weighted by Gasteiger charge is -2.39. The van der Waals surface area contributed by atoms with Gasteiger partial charge in [0.15, 0.2) is 0 Å². The van der Waals surface area contributed by atoms with Gasteiger partial charge in [-0.25, -0.2) is 0 Å². The summed E-state index contributed by atoms with van der Waals surface area (Å²) in [6.45, 7) is 0. The van der Waals surface area contributed by atoms with Crippen molar-refractivity contribution < 1.29 is 0 Å². The van der Waals surface area contributed by atoms with Gasteiger partial charge in [-0.3, -0.25) is 0 Å². The van der Waals surface area contributed by atoms with Crippen LogP contribution in [-0.2, 0) is 10.8 Å². The Labute approximate surface area is 406 Å². The van der Waals surface area contributed by atoms with Gasteiger partial charge in [0.05, 0.1) is 33.2 Å². The maximum absolute atomic E-state index is 2.53. The van der Waals surface area contributed by atoms with Crippen LogP contribution in [0.15, 0.2) is 255 Å². The Morgan fingerprint density at radius 1 is 0.286 bits per heavy atom. The number of aromatic nitrogens is 1. The molecule has 3 aliphatic carbocycles. The number of hydrogen-bond acceptors (Lipinski definition) is 1. The first-order valence-corrected chi connectivity index (χ1v) is 24.5. The lowest BCUT2D eigenvalue weighted by molar-refractivity contribution is 0.749. The number of nitrogens with zero attached hydrogens (tertiary/aromatic N) is 2. The van der Waals surface area contributed by atoms with Crippen molar-refractivity contribution in [2.24, 2.45) is 0 Å². The van der Waals surface area contributed by atoms with Crippen molar-refractivity contribution in [3.8, 4) is 50.2 Å². The summed E-state index contributed by atoms with van der Waals surface area (Å²) < 4.78 is 2.53. The van der Waals surface area contributed by atoms with Gasteiger partial charge in [-0.05, 0) is 132 Å². The summed E-state index contributed by atoms with van der Waals surface area (Å²) in [5.41, 5.74) is 26.9. The molecule has 1 aromatic heterocycles. The van der Waals surface area contributed by atoms with Crippen molar-refractivity contribution in [1.82, 2.24) is 4.57 Å². The van der Waals surface area contributed by atoms with E-state index < -0.39 is 10.8 Å². The molecule has 0 amide bonds. The van der Waals surface area contributed by atoms with Crippen molar-refractivity contribution in [2.45, 2.75) is 10.8 Å². The Morgan fingerprint density at radius 2 is 0.757 bits per heavy atom. The number of benzene rings is 11. The zero-order valence-electron chi connectivity index (χ0n) is 38.1. The van der Waals surface area contributed by atoms with E-state index >= 15 is 0 Å². The summed E-state index contributed by atoms with van der Waals surface area (Å²) in [4.78, 5) is 2.49. The summed E-state index contributed by atoms with van der Waals surface area (Å²) in [6.07, 6.45) is 0. The maximum atomic E-state index is 2.53. The van der Waals surface area contributed by atoms with Gasteiger partial charge in [0.2, 0.25) is 0 Å². The van der Waals surface area contributed by atoms with E-state index in [1.807, 2.05) is 0 Å². The predicted molar refractivity (Wildman–Crippen MR) is 288 cm³/mol. The molecule has 1 atom stereocenters. The van der Waals surface area contributed by atoms with Gasteiger partial charge in [0.25, 0.3) is 0 Å². The Hall–Kier alpha value is -8.98. The van der Waals surface area contributed by atoms with E-state index in [1.165, 1.54) is 117 Å². The highest BCUT2D eigenvalue weighted by Gasteiger charge is 2.53. The molecule has 2 nitrogen and oxygen atoms in total. The highest BCUT2D eigenvalue weighted by Crippen LogP contribution is 2.65. The van der Waals surface area contributed by atoms with E-state index in [9.17, 15) is 0 Å². The van der Waals surface area contributed by atoms with Gasteiger partial charge >= 0.3 is 0 Å². The second-order valence-electron chi connectivity index (χ2n) is 19.4. The summed E-state index contributed by atoms with van der Waals surface area (Å²) in [5, 5.41) is 2.57. The fourth-order valence-electron chi connectivity index (χ4n) is 13.9. The lowest BCUT2D eigenvalue weighted by Crippen LogP contribution is -2.33. The van der Waals surface area contributed by atoms with Gasteiger partial charge in [-0.15, -0.1) is 0 Å². The minimum absolute atomic E-state index is 0.453. The molecular weight excluding hydrogens is 845 g/mol. The zero-order chi connectivity index (χ0) is 45.7. The van der Waals surface area contributed by atoms with Gasteiger partial charge in [0, 0.05) is 27.7 Å². The molecule has 70 heavy (non-hydrogen) atoms. The third-order valence-corrected chi connectivity index (χ3v) is 16.4. The van der Waals surface area contributed by atoms with Gasteiger partial charge in [-0.2, -0.15) is 0 Å². The minimum Gasteiger partial charge on any atom is -0.310 e. The van der Waals surface area contributed by atoms with Gasteiger partial charge in [-0.1, -0.05) is 206 Å². The third-order valence-electron chi connectivity index (χ3n) is 16.4. The summed E-state index contributed by atoms with van der Waals surface area (Å²) in [5.74, 6) is 0. The fraction of sp³-hybridized carbons (Fsp3) is 0.0294. The number of para-hydroxylation sites is 5. The van der Waals surface area contributed by atoms with Crippen LogP contribution in [0.25, 0.3) is 72.0 Å². The topological polar surface area (TPSA) is 8.17 Å². The van der Waals surface area contributed by atoms with Crippen LogP contribution in [0.5, 0.6) is 0 Å². The molecular formula is C68H42N2. The molecule has 0 bridgehead atoms. The lowest BCUT2D eigenvalue weighted by atomic mass is 9.65. The molecule has 324 valence electrons. The normalized spacial score (nSPS) is 15.6. The van der Waals surface area contributed by atoms with E-state index in [-0.39, 0.29) is 0 Å². The smallest absolute Gasteiger partial charge is 0.0754 e. The summed E-state index contributed by atoms with van der Waals surface area (Å²) in [7, 11) is 0. The van der Waals surface area contributed by atoms with E-state index in [2.05, 4.69) is 264 Å². The average Bonchev–Trinajstić information content (AvgIpc) is 4.12. The average molecular weight is 887 g/mol. The van der Waals surface area contributed by atoms with Gasteiger partial charge < -0.3 is 9.47 Å². The molecule has 2 heteroatoms. The van der Waals surface area contributed by atoms with Crippen LogP contribution in [0.3, 0.4) is 0 Å². The highest BCUT2D eigenvalue weighted by molar-refractivity contribution is 6.13. The van der Waals surface area contributed by atoms with Crippen LogP contribution in [0, 0.1) is 0 Å². The van der Waals surface area contributed by atoms with E-state index in [0.29, 0.717) is 0 Å². The molecule has 4 aliphatic rings. The quantitative estimate of drug-likeness (QED) is 0.171. The minimum atomic E-state index is -0.548.